The van der Waals surface area contributed by atoms with E-state index in [0.29, 0.717) is 35.4 Å². The fraction of sp³-hybridized carbons (Fsp3) is 0.414. The average Bonchev–Trinajstić information content (AvgIpc) is 3.30. The summed E-state index contributed by atoms with van der Waals surface area (Å²) in [6.45, 7) is 7.32. The van der Waals surface area contributed by atoms with E-state index in [2.05, 4.69) is 13.8 Å². The Morgan fingerprint density at radius 3 is 2.40 bits per heavy atom. The van der Waals surface area contributed by atoms with E-state index in [9.17, 15) is 25.9 Å². The molecule has 10 nitrogen and oxygen atoms in total. The lowest BCUT2D eigenvalue weighted by atomic mass is 9.83. The molecule has 0 amide bonds. The first-order valence-electron chi connectivity index (χ1n) is 13.7. The van der Waals surface area contributed by atoms with Gasteiger partial charge in [0.1, 0.15) is 5.75 Å². The Kier molecular flexibility index (Phi) is 9.90. The van der Waals surface area contributed by atoms with Gasteiger partial charge in [0, 0.05) is 53.7 Å². The lowest BCUT2D eigenvalue weighted by Gasteiger charge is -2.27. The van der Waals surface area contributed by atoms with Crippen molar-refractivity contribution in [2.75, 3.05) is 30.1 Å². The summed E-state index contributed by atoms with van der Waals surface area (Å²) >= 11 is 12.7. The molecule has 43 heavy (non-hydrogen) atoms. The summed E-state index contributed by atoms with van der Waals surface area (Å²) in [6.07, 6.45) is 6.09. The quantitative estimate of drug-likeness (QED) is 0.206. The third-order valence-electron chi connectivity index (χ3n) is 7.63. The standard InChI is InChI=1S/C29H35Cl2N3O7S2/c1-5-32-25-18-22(30)23(31)19-26(25)34(14-8-16-43(38,39)40)28(32)10-6-9-27-29(2,3)21-17-20(41-4)11-12-24(21)33(27)13-7-15-42(35,36)37/h6,9-12,17-19H,5,7-8,13-16H2,1-4H3,(H-,35,36,37,38,39,40). The van der Waals surface area contributed by atoms with Crippen LogP contribution < -0.4 is 14.2 Å². The highest BCUT2D eigenvalue weighted by Gasteiger charge is 2.40. The minimum Gasteiger partial charge on any atom is -0.748 e. The molecule has 2 aromatic carbocycles. The number of hydrogen-bond acceptors (Lipinski definition) is 7. The van der Waals surface area contributed by atoms with Crippen molar-refractivity contribution in [2.45, 2.75) is 52.1 Å². The van der Waals surface area contributed by atoms with Gasteiger partial charge >= 0.3 is 0 Å². The number of allylic oxidation sites excluding steroid dienone is 3. The van der Waals surface area contributed by atoms with Crippen LogP contribution in [0, 0.1) is 0 Å². The maximum atomic E-state index is 11.4. The molecule has 0 atom stereocenters. The lowest BCUT2D eigenvalue weighted by molar-refractivity contribution is -0.673. The van der Waals surface area contributed by atoms with Crippen molar-refractivity contribution in [1.29, 1.82) is 0 Å². The summed E-state index contributed by atoms with van der Waals surface area (Å²) < 4.78 is 75.5. The molecular formula is C29H35Cl2N3O7S2. The van der Waals surface area contributed by atoms with Crippen LogP contribution in [0.1, 0.15) is 45.0 Å². The molecule has 0 fully saturated rings. The van der Waals surface area contributed by atoms with Gasteiger partial charge in [0.05, 0.1) is 46.1 Å². The second kappa shape index (κ2) is 12.8. The van der Waals surface area contributed by atoms with Gasteiger partial charge in [-0.1, -0.05) is 43.1 Å². The van der Waals surface area contributed by atoms with Gasteiger partial charge < -0.3 is 14.2 Å². The molecule has 3 aromatic rings. The Hall–Kier alpha value is -2.61. The fourth-order valence-electron chi connectivity index (χ4n) is 5.65. The largest absolute Gasteiger partial charge is 0.748 e. The Bertz CT molecular complexity index is 1810. The summed E-state index contributed by atoms with van der Waals surface area (Å²) in [5, 5.41) is 0.751. The number of fused-ring (bicyclic) bond motifs is 2. The van der Waals surface area contributed by atoms with Crippen molar-refractivity contribution in [1.82, 2.24) is 4.57 Å². The normalized spacial score (nSPS) is 16.1. The number of nitrogens with zero attached hydrogens (tertiary/aromatic N) is 3. The fourth-order valence-corrected chi connectivity index (χ4v) is 6.94. The smallest absolute Gasteiger partial charge is 0.282 e. The van der Waals surface area contributed by atoms with Crippen molar-refractivity contribution in [3.63, 3.8) is 0 Å². The molecule has 1 aliphatic rings. The highest BCUT2D eigenvalue weighted by molar-refractivity contribution is 7.85. The molecule has 1 N–H and O–H groups in total. The molecule has 0 saturated heterocycles. The van der Waals surface area contributed by atoms with Crippen LogP contribution >= 0.6 is 23.2 Å². The van der Waals surface area contributed by atoms with E-state index in [4.69, 9.17) is 27.9 Å². The Morgan fingerprint density at radius 1 is 1.07 bits per heavy atom. The van der Waals surface area contributed by atoms with Crippen LogP contribution in [0.15, 0.2) is 48.2 Å². The summed E-state index contributed by atoms with van der Waals surface area (Å²) in [4.78, 5) is 2.03. The van der Waals surface area contributed by atoms with E-state index in [0.717, 1.165) is 33.8 Å². The number of benzene rings is 2. The van der Waals surface area contributed by atoms with E-state index in [1.165, 1.54) is 0 Å². The predicted octanol–water partition coefficient (Wildman–Crippen LogP) is 5.17. The minimum atomic E-state index is -4.36. The molecule has 0 bridgehead atoms. The highest BCUT2D eigenvalue weighted by atomic mass is 35.5. The summed E-state index contributed by atoms with van der Waals surface area (Å²) in [5.74, 6) is 0.601. The first-order valence-corrected chi connectivity index (χ1v) is 17.7. The predicted molar refractivity (Wildman–Crippen MR) is 169 cm³/mol. The lowest BCUT2D eigenvalue weighted by Crippen LogP contribution is -2.37. The van der Waals surface area contributed by atoms with Crippen molar-refractivity contribution >= 4 is 66.2 Å². The van der Waals surface area contributed by atoms with Crippen molar-refractivity contribution in [2.24, 2.45) is 0 Å². The maximum absolute atomic E-state index is 11.4. The topological polar surface area (TPSA) is 133 Å². The van der Waals surface area contributed by atoms with Crippen LogP contribution in [0.2, 0.25) is 10.0 Å². The van der Waals surface area contributed by atoms with Crippen LogP contribution in [0.3, 0.4) is 0 Å². The van der Waals surface area contributed by atoms with E-state index >= 15 is 0 Å². The summed E-state index contributed by atoms with van der Waals surface area (Å²) in [6, 6.07) is 9.25. The number of anilines is 1. The number of ether oxygens (including phenoxy) is 1. The van der Waals surface area contributed by atoms with E-state index in [-0.39, 0.29) is 12.8 Å². The molecule has 234 valence electrons. The number of hydrogen-bond donors (Lipinski definition) is 1. The Morgan fingerprint density at radius 2 is 1.77 bits per heavy atom. The first-order chi connectivity index (χ1) is 20.1. The zero-order valence-corrected chi connectivity index (χ0v) is 27.5. The Labute approximate surface area is 262 Å². The van der Waals surface area contributed by atoms with Crippen molar-refractivity contribution in [3.05, 3.63) is 69.6 Å². The monoisotopic (exact) mass is 671 g/mol. The molecule has 14 heteroatoms. The summed E-state index contributed by atoms with van der Waals surface area (Å²) in [5.41, 5.74) is 3.91. The van der Waals surface area contributed by atoms with E-state index in [1.54, 1.807) is 19.2 Å². The van der Waals surface area contributed by atoms with Crippen LogP contribution in [0.25, 0.3) is 17.1 Å². The van der Waals surface area contributed by atoms with Crippen LogP contribution in [-0.2, 0) is 38.7 Å². The minimum absolute atomic E-state index is 0.161. The number of aromatic nitrogens is 2. The number of rotatable bonds is 12. The van der Waals surface area contributed by atoms with Crippen LogP contribution in [0.4, 0.5) is 5.69 Å². The SMILES string of the molecule is CCn1c(/C=C/C=C2/N(CCCS(=O)(=O)[O-])c3ccc(OC)cc3C2(C)C)[n+](CCCS(=O)(=O)O)c2cc(Cl)c(Cl)cc21. The third-order valence-corrected chi connectivity index (χ3v) is 9.94. The van der Waals surface area contributed by atoms with Gasteiger partial charge in [0.15, 0.2) is 11.0 Å². The van der Waals surface area contributed by atoms with Crippen molar-refractivity contribution in [3.8, 4) is 5.75 Å². The average molecular weight is 673 g/mol. The molecule has 0 aliphatic carbocycles. The van der Waals surface area contributed by atoms with Crippen molar-refractivity contribution < 1.29 is 35.2 Å². The van der Waals surface area contributed by atoms with Gasteiger partial charge in [-0.05, 0) is 43.2 Å². The van der Waals surface area contributed by atoms with Gasteiger partial charge in [-0.2, -0.15) is 8.42 Å². The molecular weight excluding hydrogens is 637 g/mol. The zero-order valence-electron chi connectivity index (χ0n) is 24.4. The summed E-state index contributed by atoms with van der Waals surface area (Å²) in [7, 11) is -6.90. The van der Waals surface area contributed by atoms with Gasteiger partial charge in [0.2, 0.25) is 0 Å². The van der Waals surface area contributed by atoms with E-state index in [1.807, 2.05) is 57.4 Å². The molecule has 0 spiro atoms. The van der Waals surface area contributed by atoms with Gasteiger partial charge in [-0.15, -0.1) is 0 Å². The first kappa shape index (κ1) is 33.3. The third kappa shape index (κ3) is 7.38. The molecule has 0 radical (unpaired) electrons. The van der Waals surface area contributed by atoms with E-state index < -0.39 is 37.2 Å². The van der Waals surface area contributed by atoms with Crippen LogP contribution in [0.5, 0.6) is 5.75 Å². The Balaban J connectivity index is 1.80. The number of methoxy groups -OCH3 is 1. The van der Waals surface area contributed by atoms with Gasteiger partial charge in [-0.25, -0.2) is 17.6 Å². The maximum Gasteiger partial charge on any atom is 0.282 e. The highest BCUT2D eigenvalue weighted by Crippen LogP contribution is 2.49. The molecule has 1 aromatic heterocycles. The number of halogens is 2. The second-order valence-corrected chi connectivity index (χ2v) is 14.7. The molecule has 0 unspecified atom stereocenters. The van der Waals surface area contributed by atoms with Gasteiger partial charge in [0.25, 0.3) is 15.9 Å². The number of aryl methyl sites for hydroxylation is 2. The number of imidazole rings is 1. The van der Waals surface area contributed by atoms with Gasteiger partial charge in [-0.3, -0.25) is 4.55 Å². The second-order valence-electron chi connectivity index (χ2n) is 10.8. The molecule has 4 rings (SSSR count). The molecule has 0 saturated carbocycles. The van der Waals surface area contributed by atoms with Crippen LogP contribution in [-0.4, -0.2) is 55.7 Å². The molecule has 1 aliphatic heterocycles. The zero-order chi connectivity index (χ0) is 31.7. The molecule has 2 heterocycles.